The van der Waals surface area contributed by atoms with Gasteiger partial charge in [-0.1, -0.05) is 75.4 Å². The van der Waals surface area contributed by atoms with Crippen molar-refractivity contribution in [1.29, 1.82) is 0 Å². The number of fused-ring (bicyclic) bond motifs is 3. The number of nitrogens with one attached hydrogen (secondary N) is 2. The van der Waals surface area contributed by atoms with Crippen molar-refractivity contribution >= 4 is 44.8 Å². The Bertz CT molecular complexity index is 2000. The summed E-state index contributed by atoms with van der Waals surface area (Å²) >= 11 is 0. The molecule has 0 radical (unpaired) electrons. The average Bonchev–Trinajstić information content (AvgIpc) is 3.48. The predicted molar refractivity (Wildman–Crippen MR) is 177 cm³/mol. The number of carbonyl (C=O) groups excluding carboxylic acids is 1. The van der Waals surface area contributed by atoms with Crippen LogP contribution in [0.3, 0.4) is 0 Å². The molecule has 0 fully saturated rings. The Kier molecular flexibility index (Phi) is 6.66. The second-order valence-corrected chi connectivity index (χ2v) is 12.4. The number of aromatic nitrogens is 2. The van der Waals surface area contributed by atoms with E-state index in [2.05, 4.69) is 79.9 Å². The van der Waals surface area contributed by atoms with Crippen LogP contribution in [0.5, 0.6) is 0 Å². The zero-order valence-electron chi connectivity index (χ0n) is 24.7. The minimum atomic E-state index is -0.151. The van der Waals surface area contributed by atoms with Gasteiger partial charge in [0.1, 0.15) is 5.82 Å². The number of amides is 1. The Morgan fingerprint density at radius 1 is 0.721 bits per heavy atom. The third kappa shape index (κ3) is 5.46. The maximum absolute atomic E-state index is 13.2. The van der Waals surface area contributed by atoms with Gasteiger partial charge in [-0.05, 0) is 101 Å². The van der Waals surface area contributed by atoms with Crippen LogP contribution in [-0.4, -0.2) is 15.9 Å². The second-order valence-electron chi connectivity index (χ2n) is 12.4. The molecule has 5 aromatic carbocycles. The first-order chi connectivity index (χ1) is 20.8. The fourth-order valence-electron chi connectivity index (χ4n) is 5.87. The summed E-state index contributed by atoms with van der Waals surface area (Å²) in [5.41, 5.74) is 8.10. The highest BCUT2D eigenvalue weighted by Crippen LogP contribution is 2.33. The summed E-state index contributed by atoms with van der Waals surface area (Å²) in [6, 6.07) is 34.8. The second kappa shape index (κ2) is 10.7. The van der Waals surface area contributed by atoms with E-state index in [4.69, 9.17) is 9.97 Å². The third-order valence-electron chi connectivity index (χ3n) is 8.34. The van der Waals surface area contributed by atoms with Crippen molar-refractivity contribution in [3.8, 4) is 11.4 Å². The molecule has 6 aromatic rings. The molecule has 0 saturated carbocycles. The van der Waals surface area contributed by atoms with E-state index in [0.717, 1.165) is 40.4 Å². The summed E-state index contributed by atoms with van der Waals surface area (Å²) in [7, 11) is 0. The highest BCUT2D eigenvalue weighted by Gasteiger charge is 2.17. The maximum atomic E-state index is 13.2. The third-order valence-corrected chi connectivity index (χ3v) is 8.34. The minimum Gasteiger partial charge on any atom is -0.340 e. The molecule has 1 aromatic heterocycles. The Morgan fingerprint density at radius 3 is 2.30 bits per heavy atom. The van der Waals surface area contributed by atoms with Crippen molar-refractivity contribution in [3.05, 3.63) is 125 Å². The lowest BCUT2D eigenvalue weighted by atomic mass is 9.87. The largest absolute Gasteiger partial charge is 0.340 e. The molecule has 5 nitrogen and oxygen atoms in total. The molecule has 2 N–H and O–H groups in total. The Labute approximate surface area is 252 Å². The van der Waals surface area contributed by atoms with Crippen LogP contribution < -0.4 is 10.6 Å². The van der Waals surface area contributed by atoms with Gasteiger partial charge in [-0.15, -0.1) is 0 Å². The van der Waals surface area contributed by atoms with Crippen LogP contribution in [0.15, 0.2) is 103 Å². The van der Waals surface area contributed by atoms with Gasteiger partial charge in [0, 0.05) is 27.9 Å². The van der Waals surface area contributed by atoms with Gasteiger partial charge in [0.2, 0.25) is 0 Å². The van der Waals surface area contributed by atoms with Gasteiger partial charge in [0.05, 0.1) is 5.52 Å². The molecule has 0 bridgehead atoms. The highest BCUT2D eigenvalue weighted by molar-refractivity contribution is 6.06. The van der Waals surface area contributed by atoms with Crippen LogP contribution in [-0.2, 0) is 18.3 Å². The van der Waals surface area contributed by atoms with E-state index >= 15 is 0 Å². The Hall–Kier alpha value is -5.03. The first-order valence-corrected chi connectivity index (χ1v) is 14.9. The molecular weight excluding hydrogens is 528 g/mol. The van der Waals surface area contributed by atoms with Gasteiger partial charge >= 0.3 is 0 Å². The minimum absolute atomic E-state index is 0.0291. The summed E-state index contributed by atoms with van der Waals surface area (Å²) in [4.78, 5) is 23.2. The van der Waals surface area contributed by atoms with Crippen molar-refractivity contribution in [3.63, 3.8) is 0 Å². The van der Waals surface area contributed by atoms with E-state index in [1.54, 1.807) is 0 Å². The van der Waals surface area contributed by atoms with Crippen molar-refractivity contribution in [2.75, 3.05) is 10.6 Å². The van der Waals surface area contributed by atoms with Crippen molar-refractivity contribution in [2.45, 2.75) is 45.4 Å². The van der Waals surface area contributed by atoms with E-state index in [9.17, 15) is 4.79 Å². The van der Waals surface area contributed by atoms with Gasteiger partial charge in [-0.2, -0.15) is 0 Å². The summed E-state index contributed by atoms with van der Waals surface area (Å²) < 4.78 is 0. The number of anilines is 3. The molecule has 1 heterocycles. The lowest BCUT2D eigenvalue weighted by molar-refractivity contribution is 0.102. The molecule has 43 heavy (non-hydrogen) atoms. The molecule has 0 atom stereocenters. The van der Waals surface area contributed by atoms with Gasteiger partial charge in [0.15, 0.2) is 5.82 Å². The number of benzene rings is 5. The molecular formula is C38H34N4O. The molecule has 0 saturated heterocycles. The number of nitrogens with zero attached hydrogens (tertiary/aromatic N) is 2. The van der Waals surface area contributed by atoms with E-state index < -0.39 is 0 Å². The fraction of sp³-hybridized carbons (Fsp3) is 0.184. The quantitative estimate of drug-likeness (QED) is 0.220. The van der Waals surface area contributed by atoms with E-state index in [0.29, 0.717) is 22.9 Å². The summed E-state index contributed by atoms with van der Waals surface area (Å²) in [6.45, 7) is 6.50. The number of rotatable bonds is 5. The molecule has 1 aliphatic rings. The van der Waals surface area contributed by atoms with Crippen LogP contribution >= 0.6 is 0 Å². The smallest absolute Gasteiger partial charge is 0.255 e. The molecule has 1 aliphatic carbocycles. The molecule has 1 amide bonds. The van der Waals surface area contributed by atoms with Crippen LogP contribution in [0.1, 0.15) is 54.2 Å². The standard InChI is InChI=1S/C38H34N4O/c1-38(2,3)30-16-13-26(14-17-30)37(43)40-32-19-20-34-33(23-32)36(39-31-18-15-25-9-6-10-28(25)22-31)42-35(41-34)29-12-11-24-7-4-5-8-27(24)21-29/h4-5,7-8,11-23H,6,9-10H2,1-3H3,(H,40,43)(H,39,41,42). The number of hydrogen-bond acceptors (Lipinski definition) is 4. The number of carbonyl (C=O) groups is 1. The zero-order valence-corrected chi connectivity index (χ0v) is 24.7. The molecule has 0 aliphatic heterocycles. The number of hydrogen-bond donors (Lipinski definition) is 2. The Morgan fingerprint density at radius 2 is 1.49 bits per heavy atom. The molecule has 7 rings (SSSR count). The van der Waals surface area contributed by atoms with Crippen LogP contribution in [0, 0.1) is 0 Å². The van der Waals surface area contributed by atoms with Gasteiger partial charge in [-0.25, -0.2) is 9.97 Å². The molecule has 0 unspecified atom stereocenters. The Balaban J connectivity index is 1.27. The zero-order chi connectivity index (χ0) is 29.6. The normalized spacial score (nSPS) is 12.8. The van der Waals surface area contributed by atoms with Gasteiger partial charge in [-0.3, -0.25) is 4.79 Å². The SMILES string of the molecule is CC(C)(C)c1ccc(C(=O)Nc2ccc3nc(-c4ccc5ccccc5c4)nc(Nc4ccc5c(c4)CCC5)c3c2)cc1. The first-order valence-electron chi connectivity index (χ1n) is 14.9. The van der Waals surface area contributed by atoms with E-state index in [1.165, 1.54) is 28.5 Å². The van der Waals surface area contributed by atoms with Crippen LogP contribution in [0.4, 0.5) is 17.2 Å². The summed E-state index contributed by atoms with van der Waals surface area (Å²) in [5.74, 6) is 1.20. The van der Waals surface area contributed by atoms with Crippen molar-refractivity contribution < 1.29 is 4.79 Å². The molecule has 0 spiro atoms. The lowest BCUT2D eigenvalue weighted by Crippen LogP contribution is -2.14. The van der Waals surface area contributed by atoms with Gasteiger partial charge in [0.25, 0.3) is 5.91 Å². The number of aryl methyl sites for hydroxylation is 2. The van der Waals surface area contributed by atoms with Crippen molar-refractivity contribution in [2.24, 2.45) is 0 Å². The monoisotopic (exact) mass is 562 g/mol. The van der Waals surface area contributed by atoms with Crippen molar-refractivity contribution in [1.82, 2.24) is 9.97 Å². The van der Waals surface area contributed by atoms with Crippen LogP contribution in [0.25, 0.3) is 33.1 Å². The summed E-state index contributed by atoms with van der Waals surface area (Å²) in [6.07, 6.45) is 3.44. The molecule has 212 valence electrons. The van der Waals surface area contributed by atoms with Gasteiger partial charge < -0.3 is 10.6 Å². The first kappa shape index (κ1) is 26.8. The predicted octanol–water partition coefficient (Wildman–Crippen LogP) is 9.23. The fourth-order valence-corrected chi connectivity index (χ4v) is 5.87. The summed E-state index contributed by atoms with van der Waals surface area (Å²) in [5, 5.41) is 9.83. The lowest BCUT2D eigenvalue weighted by Gasteiger charge is -2.19. The van der Waals surface area contributed by atoms with E-state index in [1.807, 2.05) is 54.6 Å². The maximum Gasteiger partial charge on any atom is 0.255 e. The molecule has 5 heteroatoms. The topological polar surface area (TPSA) is 66.9 Å². The van der Waals surface area contributed by atoms with E-state index in [-0.39, 0.29) is 11.3 Å². The average molecular weight is 563 g/mol. The highest BCUT2D eigenvalue weighted by atomic mass is 16.1. The van der Waals surface area contributed by atoms with Crippen LogP contribution in [0.2, 0.25) is 0 Å².